The number of carbonyl (C=O) groups is 1. The largest absolute Gasteiger partial charge is 0.497 e. The number of aromatic nitrogens is 2. The predicted molar refractivity (Wildman–Crippen MR) is 101 cm³/mol. The first-order valence-electron chi connectivity index (χ1n) is 8.12. The number of amides is 1. The van der Waals surface area contributed by atoms with Crippen LogP contribution in [0.25, 0.3) is 11.0 Å². The molecule has 6 heteroatoms. The van der Waals surface area contributed by atoms with E-state index in [0.717, 1.165) is 27.5 Å². The van der Waals surface area contributed by atoms with E-state index in [1.807, 2.05) is 62.4 Å². The van der Waals surface area contributed by atoms with Crippen molar-refractivity contribution in [3.05, 3.63) is 54.1 Å². The molecule has 0 saturated heterocycles. The van der Waals surface area contributed by atoms with Crippen LogP contribution < -0.4 is 10.1 Å². The zero-order valence-electron chi connectivity index (χ0n) is 14.4. The van der Waals surface area contributed by atoms with Crippen molar-refractivity contribution in [1.29, 1.82) is 0 Å². The fourth-order valence-electron chi connectivity index (χ4n) is 2.52. The lowest BCUT2D eigenvalue weighted by Gasteiger charge is -2.17. The molecule has 0 bridgehead atoms. The first-order valence-corrected chi connectivity index (χ1v) is 9.00. The summed E-state index contributed by atoms with van der Waals surface area (Å²) in [5.41, 5.74) is 2.84. The van der Waals surface area contributed by atoms with Crippen LogP contribution in [0.4, 0.5) is 0 Å². The Labute approximate surface area is 151 Å². The number of imidazole rings is 1. The van der Waals surface area contributed by atoms with Gasteiger partial charge in [0.2, 0.25) is 5.91 Å². The maximum atomic E-state index is 12.5. The molecule has 3 aromatic rings. The molecular formula is C19H21N3O2S. The maximum absolute atomic E-state index is 12.5. The Bertz CT molecular complexity index is 863. The van der Waals surface area contributed by atoms with Crippen molar-refractivity contribution in [2.24, 2.45) is 0 Å². The quantitative estimate of drug-likeness (QED) is 0.658. The molecule has 0 aliphatic carbocycles. The molecule has 1 heterocycles. The Morgan fingerprint density at radius 3 is 2.68 bits per heavy atom. The van der Waals surface area contributed by atoms with Crippen LogP contribution in [0.1, 0.15) is 25.5 Å². The zero-order chi connectivity index (χ0) is 17.8. The van der Waals surface area contributed by atoms with Crippen LogP contribution in [-0.4, -0.2) is 28.2 Å². The van der Waals surface area contributed by atoms with Gasteiger partial charge in [0.05, 0.1) is 29.4 Å². The molecule has 0 fully saturated rings. The van der Waals surface area contributed by atoms with Gasteiger partial charge in [0.25, 0.3) is 0 Å². The van der Waals surface area contributed by atoms with E-state index in [9.17, 15) is 4.79 Å². The Morgan fingerprint density at radius 1 is 1.20 bits per heavy atom. The number of benzene rings is 2. The molecule has 1 aromatic heterocycles. The number of hydrogen-bond acceptors (Lipinski definition) is 4. The van der Waals surface area contributed by atoms with Crippen LogP contribution >= 0.6 is 11.8 Å². The minimum absolute atomic E-state index is 0.0145. The van der Waals surface area contributed by atoms with Gasteiger partial charge in [0.1, 0.15) is 5.75 Å². The number of thioether (sulfide) groups is 1. The smallest absolute Gasteiger partial charge is 0.233 e. The fourth-order valence-corrected chi connectivity index (χ4v) is 3.35. The average Bonchev–Trinajstić information content (AvgIpc) is 3.03. The third-order valence-corrected chi connectivity index (χ3v) is 4.97. The summed E-state index contributed by atoms with van der Waals surface area (Å²) < 4.78 is 5.22. The number of aromatic amines is 1. The second-order valence-electron chi connectivity index (χ2n) is 5.83. The predicted octanol–water partition coefficient (Wildman–Crippen LogP) is 3.93. The molecule has 2 atom stereocenters. The van der Waals surface area contributed by atoms with Gasteiger partial charge in [0, 0.05) is 6.07 Å². The minimum atomic E-state index is -0.256. The highest BCUT2D eigenvalue weighted by Gasteiger charge is 2.19. The molecule has 0 spiro atoms. The number of hydrogen-bond donors (Lipinski definition) is 2. The summed E-state index contributed by atoms with van der Waals surface area (Å²) in [6.45, 7) is 3.86. The van der Waals surface area contributed by atoms with E-state index in [-0.39, 0.29) is 17.2 Å². The first-order chi connectivity index (χ1) is 12.1. The van der Waals surface area contributed by atoms with Crippen molar-refractivity contribution in [1.82, 2.24) is 15.3 Å². The molecule has 2 unspecified atom stereocenters. The molecule has 5 nitrogen and oxygen atoms in total. The zero-order valence-corrected chi connectivity index (χ0v) is 15.3. The van der Waals surface area contributed by atoms with Crippen LogP contribution in [0.5, 0.6) is 5.75 Å². The fraction of sp³-hybridized carbons (Fsp3) is 0.263. The molecule has 0 aliphatic heterocycles. The van der Waals surface area contributed by atoms with Crippen LogP contribution in [0.15, 0.2) is 53.7 Å². The van der Waals surface area contributed by atoms with E-state index in [4.69, 9.17) is 4.74 Å². The van der Waals surface area contributed by atoms with Crippen molar-refractivity contribution in [2.75, 3.05) is 7.11 Å². The van der Waals surface area contributed by atoms with E-state index in [2.05, 4.69) is 15.3 Å². The van der Waals surface area contributed by atoms with Gasteiger partial charge in [-0.1, -0.05) is 42.1 Å². The van der Waals surface area contributed by atoms with E-state index in [1.165, 1.54) is 11.8 Å². The van der Waals surface area contributed by atoms with Gasteiger partial charge in [-0.25, -0.2) is 4.98 Å². The normalized spacial score (nSPS) is 13.4. The standard InChI is InChI=1S/C19H21N3O2S/c1-12(14-7-5-4-6-8-14)20-18(23)13(2)25-19-21-16-10-9-15(24-3)11-17(16)22-19/h4-13H,1-3H3,(H,20,23)(H,21,22). The lowest BCUT2D eigenvalue weighted by Crippen LogP contribution is -2.33. The monoisotopic (exact) mass is 355 g/mol. The van der Waals surface area contributed by atoms with Crippen molar-refractivity contribution in [3.8, 4) is 5.75 Å². The molecule has 0 radical (unpaired) electrons. The van der Waals surface area contributed by atoms with Crippen LogP contribution in [-0.2, 0) is 4.79 Å². The van der Waals surface area contributed by atoms with Gasteiger partial charge >= 0.3 is 0 Å². The lowest BCUT2D eigenvalue weighted by molar-refractivity contribution is -0.120. The Balaban J connectivity index is 1.65. The van der Waals surface area contributed by atoms with Crippen molar-refractivity contribution in [3.63, 3.8) is 0 Å². The summed E-state index contributed by atoms with van der Waals surface area (Å²) in [5.74, 6) is 0.759. The van der Waals surface area contributed by atoms with Crippen LogP contribution in [0.2, 0.25) is 0 Å². The summed E-state index contributed by atoms with van der Waals surface area (Å²) in [6, 6.07) is 15.6. The molecule has 2 N–H and O–H groups in total. The van der Waals surface area contributed by atoms with Crippen LogP contribution in [0, 0.1) is 0 Å². The summed E-state index contributed by atoms with van der Waals surface area (Å²) in [5, 5.41) is 3.51. The maximum Gasteiger partial charge on any atom is 0.233 e. The third-order valence-electron chi connectivity index (χ3n) is 3.98. The van der Waals surface area contributed by atoms with Crippen molar-refractivity contribution < 1.29 is 9.53 Å². The van der Waals surface area contributed by atoms with Crippen LogP contribution in [0.3, 0.4) is 0 Å². The first kappa shape index (κ1) is 17.4. The number of carbonyl (C=O) groups excluding carboxylic acids is 1. The van der Waals surface area contributed by atoms with E-state index >= 15 is 0 Å². The highest BCUT2D eigenvalue weighted by molar-refractivity contribution is 8.00. The second kappa shape index (κ2) is 7.61. The van der Waals surface area contributed by atoms with E-state index in [0.29, 0.717) is 0 Å². The summed E-state index contributed by atoms with van der Waals surface area (Å²) in [4.78, 5) is 20.2. The molecule has 25 heavy (non-hydrogen) atoms. The molecule has 0 saturated carbocycles. The average molecular weight is 355 g/mol. The number of ether oxygens (including phenoxy) is 1. The number of nitrogens with one attached hydrogen (secondary N) is 2. The minimum Gasteiger partial charge on any atom is -0.497 e. The van der Waals surface area contributed by atoms with Crippen molar-refractivity contribution in [2.45, 2.75) is 30.3 Å². The Morgan fingerprint density at radius 2 is 1.96 bits per heavy atom. The highest BCUT2D eigenvalue weighted by Crippen LogP contribution is 2.26. The topological polar surface area (TPSA) is 67.0 Å². The number of nitrogens with zero attached hydrogens (tertiary/aromatic N) is 1. The van der Waals surface area contributed by atoms with Crippen molar-refractivity contribution >= 4 is 28.7 Å². The number of rotatable bonds is 6. The Kier molecular flexibility index (Phi) is 5.28. The number of H-pyrrole nitrogens is 1. The third kappa shape index (κ3) is 4.14. The SMILES string of the molecule is COc1ccc2nc(SC(C)C(=O)NC(C)c3ccccc3)[nH]c2c1. The molecular weight excluding hydrogens is 334 g/mol. The van der Waals surface area contributed by atoms with Gasteiger partial charge in [-0.05, 0) is 31.5 Å². The Hall–Kier alpha value is -2.47. The summed E-state index contributed by atoms with van der Waals surface area (Å²) >= 11 is 1.41. The summed E-state index contributed by atoms with van der Waals surface area (Å²) in [7, 11) is 1.63. The summed E-state index contributed by atoms with van der Waals surface area (Å²) in [6.07, 6.45) is 0. The molecule has 2 aromatic carbocycles. The van der Waals surface area contributed by atoms with Gasteiger partial charge in [-0.3, -0.25) is 4.79 Å². The number of fused-ring (bicyclic) bond motifs is 1. The van der Waals surface area contributed by atoms with E-state index < -0.39 is 0 Å². The van der Waals surface area contributed by atoms with Gasteiger partial charge in [0.15, 0.2) is 5.16 Å². The van der Waals surface area contributed by atoms with Gasteiger partial charge in [-0.15, -0.1) is 0 Å². The van der Waals surface area contributed by atoms with Gasteiger partial charge < -0.3 is 15.0 Å². The van der Waals surface area contributed by atoms with Gasteiger partial charge in [-0.2, -0.15) is 0 Å². The molecule has 1 amide bonds. The number of methoxy groups -OCH3 is 1. The van der Waals surface area contributed by atoms with E-state index in [1.54, 1.807) is 7.11 Å². The second-order valence-corrected chi connectivity index (χ2v) is 7.16. The lowest BCUT2D eigenvalue weighted by atomic mass is 10.1. The molecule has 130 valence electrons. The highest BCUT2D eigenvalue weighted by atomic mass is 32.2. The molecule has 0 aliphatic rings. The molecule has 3 rings (SSSR count).